The summed E-state index contributed by atoms with van der Waals surface area (Å²) in [5, 5.41) is 14.0. The molecule has 0 fully saturated rings. The second-order valence-corrected chi connectivity index (χ2v) is 10.4. The lowest BCUT2D eigenvalue weighted by atomic mass is 10.2. The van der Waals surface area contributed by atoms with E-state index in [1.807, 2.05) is 14.1 Å². The third-order valence-electron chi connectivity index (χ3n) is 5.00. The Morgan fingerprint density at radius 3 is 1.97 bits per heavy atom. The third-order valence-corrected chi connectivity index (χ3v) is 6.90. The predicted molar refractivity (Wildman–Crippen MR) is 148 cm³/mol. The highest BCUT2D eigenvalue weighted by atomic mass is 32.1. The number of anilines is 6. The number of nitrogens with two attached hydrogens (primary N) is 2. The molecule has 0 bridgehead atoms. The van der Waals surface area contributed by atoms with Gasteiger partial charge in [-0.25, -0.2) is 0 Å². The zero-order valence-corrected chi connectivity index (χ0v) is 22.1. The number of nitrogen functional groups attached to an aromatic ring is 2. The Kier molecular flexibility index (Phi) is 8.28. The summed E-state index contributed by atoms with van der Waals surface area (Å²) in [4.78, 5) is 29.7. The third kappa shape index (κ3) is 7.36. The number of hydrogen-bond donors (Lipinski definition) is 5. The zero-order valence-electron chi connectivity index (χ0n) is 20.4. The van der Waals surface area contributed by atoms with E-state index in [9.17, 15) is 0 Å². The van der Waals surface area contributed by atoms with Gasteiger partial charge in [0.2, 0.25) is 35.7 Å². The van der Waals surface area contributed by atoms with E-state index < -0.39 is 0 Å². The van der Waals surface area contributed by atoms with Gasteiger partial charge in [0.25, 0.3) is 0 Å². The number of aryl methyl sites for hydroxylation is 1. The predicted octanol–water partition coefficient (Wildman–Crippen LogP) is 2.64. The maximum Gasteiger partial charge on any atom is 0.231 e. The zero-order chi connectivity index (χ0) is 25.5. The summed E-state index contributed by atoms with van der Waals surface area (Å²) in [5.74, 6) is 2.25. The first-order valence-corrected chi connectivity index (χ1v) is 13.1. The first-order valence-electron chi connectivity index (χ1n) is 11.4. The van der Waals surface area contributed by atoms with Gasteiger partial charge in [0.15, 0.2) is 0 Å². The molecule has 4 aromatic rings. The largest absolute Gasteiger partial charge is 0.368 e. The first-order chi connectivity index (χ1) is 17.3. The van der Waals surface area contributed by atoms with Crippen molar-refractivity contribution in [1.29, 1.82) is 0 Å². The summed E-state index contributed by atoms with van der Waals surface area (Å²) in [6.07, 6.45) is 1.71. The van der Waals surface area contributed by atoms with Crippen LogP contribution in [0.25, 0.3) is 0 Å². The van der Waals surface area contributed by atoms with Gasteiger partial charge in [0, 0.05) is 36.9 Å². The highest BCUT2D eigenvalue weighted by molar-refractivity contribution is 7.10. The van der Waals surface area contributed by atoms with Crippen LogP contribution >= 0.6 is 22.7 Å². The van der Waals surface area contributed by atoms with Crippen molar-refractivity contribution in [3.05, 3.63) is 43.8 Å². The van der Waals surface area contributed by atoms with Crippen molar-refractivity contribution in [2.24, 2.45) is 0 Å². The van der Waals surface area contributed by atoms with E-state index in [0.29, 0.717) is 36.9 Å². The van der Waals surface area contributed by atoms with Crippen molar-refractivity contribution in [3.8, 4) is 0 Å². The molecule has 7 N–H and O–H groups in total. The van der Waals surface area contributed by atoms with Gasteiger partial charge < -0.3 is 32.3 Å². The lowest BCUT2D eigenvalue weighted by molar-refractivity contribution is 0.936. The van der Waals surface area contributed by atoms with Crippen LogP contribution < -0.4 is 32.3 Å². The molecule has 0 atom stereocenters. The van der Waals surface area contributed by atoms with Crippen LogP contribution in [0.1, 0.15) is 20.9 Å². The maximum absolute atomic E-state index is 5.89. The Labute approximate surface area is 217 Å². The van der Waals surface area contributed by atoms with Crippen LogP contribution in [0, 0.1) is 6.92 Å². The van der Waals surface area contributed by atoms with Crippen molar-refractivity contribution in [2.45, 2.75) is 26.3 Å². The van der Waals surface area contributed by atoms with Crippen LogP contribution in [0.5, 0.6) is 0 Å². The van der Waals surface area contributed by atoms with E-state index >= 15 is 0 Å². The Morgan fingerprint density at radius 1 is 0.750 bits per heavy atom. The van der Waals surface area contributed by atoms with E-state index in [0.717, 1.165) is 24.3 Å². The average molecular weight is 527 g/mol. The molecule has 0 aromatic carbocycles. The molecule has 0 amide bonds. The summed E-state index contributed by atoms with van der Waals surface area (Å²) in [5.41, 5.74) is 14.2. The fourth-order valence-corrected chi connectivity index (χ4v) is 4.90. The summed E-state index contributed by atoms with van der Waals surface area (Å²) in [6.45, 7) is 4.08. The standard InChI is InChI=1S/C22H30N12S2/c1-13-8-14(11-35-13)4-6-25-19-28-17(23)29-21(32-19)27-10-16-9-15(12-36-16)5-7-26-20-30-18(24)31-22(33-20)34(2)3/h8-9,11-12H,4-7,10H2,1-3H3,(H3,24,26,30,31,33)(H4,23,25,27,28,29,32). The molecule has 0 saturated carbocycles. The van der Waals surface area contributed by atoms with Gasteiger partial charge in [0.1, 0.15) is 0 Å². The van der Waals surface area contributed by atoms with E-state index in [1.54, 1.807) is 27.6 Å². The second kappa shape index (κ2) is 11.8. The van der Waals surface area contributed by atoms with Gasteiger partial charge in [-0.15, -0.1) is 22.7 Å². The quantitative estimate of drug-likeness (QED) is 0.183. The topological polar surface area (TPSA) is 169 Å². The normalized spacial score (nSPS) is 10.9. The van der Waals surface area contributed by atoms with Crippen LogP contribution in [0.15, 0.2) is 22.9 Å². The Bertz CT molecular complexity index is 1290. The monoisotopic (exact) mass is 526 g/mol. The number of hydrogen-bond acceptors (Lipinski definition) is 14. The molecule has 0 aliphatic carbocycles. The summed E-state index contributed by atoms with van der Waals surface area (Å²) in [7, 11) is 3.71. The van der Waals surface area contributed by atoms with Crippen LogP contribution in [0.2, 0.25) is 0 Å². The fourth-order valence-electron chi connectivity index (χ4n) is 3.29. The minimum atomic E-state index is 0.177. The van der Waals surface area contributed by atoms with Crippen molar-refractivity contribution in [2.75, 3.05) is 59.5 Å². The molecule has 4 heterocycles. The number of aromatic nitrogens is 6. The summed E-state index contributed by atoms with van der Waals surface area (Å²) in [6, 6.07) is 4.34. The highest BCUT2D eigenvalue weighted by Gasteiger charge is 2.08. The van der Waals surface area contributed by atoms with Crippen LogP contribution in [0.3, 0.4) is 0 Å². The van der Waals surface area contributed by atoms with E-state index in [2.05, 4.69) is 75.7 Å². The van der Waals surface area contributed by atoms with E-state index in [4.69, 9.17) is 11.5 Å². The summed E-state index contributed by atoms with van der Waals surface area (Å²) >= 11 is 3.42. The van der Waals surface area contributed by atoms with Gasteiger partial charge in [-0.05, 0) is 53.8 Å². The molecular weight excluding hydrogens is 496 g/mol. The molecule has 0 radical (unpaired) electrons. The highest BCUT2D eigenvalue weighted by Crippen LogP contribution is 2.18. The van der Waals surface area contributed by atoms with Crippen molar-refractivity contribution in [3.63, 3.8) is 0 Å². The molecule has 4 rings (SSSR count). The fraction of sp³-hybridized carbons (Fsp3) is 0.364. The maximum atomic E-state index is 5.89. The minimum Gasteiger partial charge on any atom is -0.368 e. The van der Waals surface area contributed by atoms with E-state index in [1.165, 1.54) is 16.0 Å². The summed E-state index contributed by atoms with van der Waals surface area (Å²) < 4.78 is 0. The van der Waals surface area contributed by atoms with Crippen LogP contribution in [-0.2, 0) is 19.4 Å². The number of nitrogens with zero attached hydrogens (tertiary/aromatic N) is 7. The molecule has 0 aliphatic heterocycles. The molecule has 190 valence electrons. The Morgan fingerprint density at radius 2 is 1.33 bits per heavy atom. The molecule has 4 aromatic heterocycles. The lowest BCUT2D eigenvalue weighted by Crippen LogP contribution is -2.17. The van der Waals surface area contributed by atoms with Crippen molar-refractivity contribution < 1.29 is 0 Å². The molecule has 0 spiro atoms. The molecule has 0 saturated heterocycles. The second-order valence-electron chi connectivity index (χ2n) is 8.25. The first kappa shape index (κ1) is 25.3. The number of rotatable bonds is 12. The average Bonchev–Trinajstić information content (AvgIpc) is 3.45. The number of nitrogens with one attached hydrogen (secondary N) is 3. The van der Waals surface area contributed by atoms with Crippen molar-refractivity contribution in [1.82, 2.24) is 29.9 Å². The number of thiophene rings is 2. The van der Waals surface area contributed by atoms with E-state index in [-0.39, 0.29) is 11.9 Å². The van der Waals surface area contributed by atoms with Crippen LogP contribution in [-0.4, -0.2) is 57.1 Å². The van der Waals surface area contributed by atoms with Gasteiger partial charge >= 0.3 is 0 Å². The minimum absolute atomic E-state index is 0.177. The Hall–Kier alpha value is -3.78. The SMILES string of the molecule is Cc1cc(CCNc2nc(N)nc(NCc3cc(CCNc4nc(N)nc(N(C)C)n4)cs3)n2)cs1. The smallest absolute Gasteiger partial charge is 0.231 e. The molecule has 0 aliphatic rings. The van der Waals surface area contributed by atoms with Crippen molar-refractivity contribution >= 4 is 58.4 Å². The van der Waals surface area contributed by atoms with Gasteiger partial charge in [-0.3, -0.25) is 0 Å². The molecule has 12 nitrogen and oxygen atoms in total. The van der Waals surface area contributed by atoms with Gasteiger partial charge in [-0.1, -0.05) is 0 Å². The van der Waals surface area contributed by atoms with Gasteiger partial charge in [0.05, 0.1) is 6.54 Å². The lowest BCUT2D eigenvalue weighted by Gasteiger charge is -2.12. The molecule has 0 unspecified atom stereocenters. The van der Waals surface area contributed by atoms with Gasteiger partial charge in [-0.2, -0.15) is 29.9 Å². The Balaban J connectivity index is 1.25. The molecular formula is C22H30N12S2. The van der Waals surface area contributed by atoms with Crippen LogP contribution in [0.4, 0.5) is 35.7 Å². The molecule has 36 heavy (non-hydrogen) atoms. The molecule has 14 heteroatoms.